The van der Waals surface area contributed by atoms with Crippen molar-refractivity contribution in [2.45, 2.75) is 46.1 Å². The number of rotatable bonds is 9. The maximum atomic E-state index is 11.9. The summed E-state index contributed by atoms with van der Waals surface area (Å²) in [7, 11) is 1.34. The van der Waals surface area contributed by atoms with Crippen molar-refractivity contribution in [3.8, 4) is 5.75 Å². The first-order chi connectivity index (χ1) is 14.1. The number of esters is 1. The summed E-state index contributed by atoms with van der Waals surface area (Å²) in [5, 5.41) is 0.631. The Morgan fingerprint density at radius 1 is 1.14 bits per heavy atom. The Balaban J connectivity index is 1.87. The Morgan fingerprint density at radius 3 is 2.66 bits per heavy atom. The molecule has 0 amide bonds. The van der Waals surface area contributed by atoms with Crippen molar-refractivity contribution in [2.75, 3.05) is 13.7 Å². The van der Waals surface area contributed by atoms with Gasteiger partial charge in [-0.05, 0) is 36.2 Å². The van der Waals surface area contributed by atoms with Gasteiger partial charge in [0.25, 0.3) is 0 Å². The molecular formula is C22H26ClN3O3. The maximum absolute atomic E-state index is 11.9. The van der Waals surface area contributed by atoms with E-state index in [1.54, 1.807) is 12.1 Å². The second-order valence-corrected chi connectivity index (χ2v) is 7.21. The number of nitrogens with zero attached hydrogens (tertiary/aromatic N) is 3. The molecular weight excluding hydrogens is 390 g/mol. The van der Waals surface area contributed by atoms with Gasteiger partial charge in [0.1, 0.15) is 17.1 Å². The summed E-state index contributed by atoms with van der Waals surface area (Å²) in [5.74, 6) is 1.18. The van der Waals surface area contributed by atoms with E-state index >= 15 is 0 Å². The van der Waals surface area contributed by atoms with E-state index in [1.807, 2.05) is 29.7 Å². The number of aromatic nitrogens is 3. The molecule has 0 saturated heterocycles. The van der Waals surface area contributed by atoms with E-state index in [9.17, 15) is 4.79 Å². The first kappa shape index (κ1) is 21.1. The van der Waals surface area contributed by atoms with Gasteiger partial charge in [-0.25, -0.2) is 14.8 Å². The lowest BCUT2D eigenvalue weighted by atomic mass is 10.2. The van der Waals surface area contributed by atoms with Crippen LogP contribution in [0.3, 0.4) is 0 Å². The number of imidazole rings is 1. The van der Waals surface area contributed by atoms with Crippen molar-refractivity contribution in [2.24, 2.45) is 0 Å². The highest BCUT2D eigenvalue weighted by molar-refractivity contribution is 6.31. The van der Waals surface area contributed by atoms with E-state index in [1.165, 1.54) is 7.11 Å². The Bertz CT molecular complexity index is 1000. The standard InChI is InChI=1S/C22H26ClN3O3/c1-4-6-7-12-29-16-9-8-15(17(23)13-16)14-26-20(5-2)24-18-10-11-19(22(27)28-3)25-21(18)26/h8-11,13H,4-7,12,14H2,1-3H3. The molecule has 0 unspecified atom stereocenters. The average molecular weight is 416 g/mol. The number of fused-ring (bicyclic) bond motifs is 1. The fourth-order valence-corrected chi connectivity index (χ4v) is 3.39. The number of hydrogen-bond donors (Lipinski definition) is 0. The zero-order valence-electron chi connectivity index (χ0n) is 17.1. The molecule has 0 saturated carbocycles. The largest absolute Gasteiger partial charge is 0.494 e. The van der Waals surface area contributed by atoms with Crippen LogP contribution >= 0.6 is 11.6 Å². The van der Waals surface area contributed by atoms with Gasteiger partial charge >= 0.3 is 5.97 Å². The van der Waals surface area contributed by atoms with Crippen LogP contribution in [0.4, 0.5) is 0 Å². The summed E-state index contributed by atoms with van der Waals surface area (Å²) >= 11 is 6.53. The van der Waals surface area contributed by atoms with Crippen LogP contribution in [-0.2, 0) is 17.7 Å². The summed E-state index contributed by atoms with van der Waals surface area (Å²) in [6, 6.07) is 9.17. The quantitative estimate of drug-likeness (QED) is 0.361. The zero-order chi connectivity index (χ0) is 20.8. The van der Waals surface area contributed by atoms with Crippen LogP contribution in [-0.4, -0.2) is 34.2 Å². The average Bonchev–Trinajstić information content (AvgIpc) is 3.09. The Hall–Kier alpha value is -2.60. The highest BCUT2D eigenvalue weighted by atomic mass is 35.5. The Morgan fingerprint density at radius 2 is 1.97 bits per heavy atom. The first-order valence-corrected chi connectivity index (χ1v) is 10.3. The molecule has 2 heterocycles. The fraction of sp³-hybridized carbons (Fsp3) is 0.409. The second kappa shape index (κ2) is 9.74. The van der Waals surface area contributed by atoms with Crippen LogP contribution in [0.2, 0.25) is 5.02 Å². The van der Waals surface area contributed by atoms with Crippen LogP contribution in [0.1, 0.15) is 55.0 Å². The van der Waals surface area contributed by atoms with E-state index in [-0.39, 0.29) is 5.69 Å². The number of carbonyl (C=O) groups excluding carboxylic acids is 1. The summed E-state index contributed by atoms with van der Waals surface area (Å²) in [5.41, 5.74) is 2.57. The zero-order valence-corrected chi connectivity index (χ0v) is 17.8. The van der Waals surface area contributed by atoms with Crippen LogP contribution in [0, 0.1) is 0 Å². The SMILES string of the molecule is CCCCCOc1ccc(Cn2c(CC)nc3ccc(C(=O)OC)nc32)c(Cl)c1. The van der Waals surface area contributed by atoms with Gasteiger partial charge in [0.15, 0.2) is 11.3 Å². The fourth-order valence-electron chi connectivity index (χ4n) is 3.16. The van der Waals surface area contributed by atoms with E-state index in [2.05, 4.69) is 16.9 Å². The molecule has 6 nitrogen and oxygen atoms in total. The lowest BCUT2D eigenvalue weighted by Gasteiger charge is -2.12. The number of pyridine rings is 1. The molecule has 0 aliphatic heterocycles. The summed E-state index contributed by atoms with van der Waals surface area (Å²) in [4.78, 5) is 21.0. The van der Waals surface area contributed by atoms with Crippen molar-refractivity contribution in [3.05, 3.63) is 52.4 Å². The molecule has 0 aliphatic carbocycles. The monoisotopic (exact) mass is 415 g/mol. The van der Waals surface area contributed by atoms with E-state index in [4.69, 9.17) is 21.1 Å². The number of benzene rings is 1. The predicted octanol–water partition coefficient (Wildman–Crippen LogP) is 5.05. The molecule has 0 N–H and O–H groups in total. The third-order valence-electron chi connectivity index (χ3n) is 4.75. The van der Waals surface area contributed by atoms with Crippen molar-refractivity contribution >= 4 is 28.7 Å². The highest BCUT2D eigenvalue weighted by Gasteiger charge is 2.16. The van der Waals surface area contributed by atoms with Crippen LogP contribution < -0.4 is 4.74 Å². The number of carbonyl (C=O) groups is 1. The van der Waals surface area contributed by atoms with Gasteiger partial charge in [-0.3, -0.25) is 0 Å². The molecule has 0 aliphatic rings. The molecule has 3 aromatic rings. The van der Waals surface area contributed by atoms with Crippen LogP contribution in [0.25, 0.3) is 11.2 Å². The number of methoxy groups -OCH3 is 1. The molecule has 0 radical (unpaired) electrons. The van der Waals surface area contributed by atoms with E-state index in [0.29, 0.717) is 23.8 Å². The maximum Gasteiger partial charge on any atom is 0.356 e. The Kier molecular flexibility index (Phi) is 7.09. The number of unbranched alkanes of at least 4 members (excludes halogenated alkanes) is 2. The molecule has 0 spiro atoms. The van der Waals surface area contributed by atoms with Crippen LogP contribution in [0.15, 0.2) is 30.3 Å². The molecule has 0 atom stereocenters. The molecule has 154 valence electrons. The minimum atomic E-state index is -0.472. The summed E-state index contributed by atoms with van der Waals surface area (Å²) in [6.45, 7) is 5.40. The van der Waals surface area contributed by atoms with Gasteiger partial charge in [-0.15, -0.1) is 0 Å². The molecule has 2 aromatic heterocycles. The van der Waals surface area contributed by atoms with E-state index < -0.39 is 5.97 Å². The van der Waals surface area contributed by atoms with Crippen molar-refractivity contribution < 1.29 is 14.3 Å². The summed E-state index contributed by atoms with van der Waals surface area (Å²) in [6.07, 6.45) is 4.08. The molecule has 0 fully saturated rings. The lowest BCUT2D eigenvalue weighted by Crippen LogP contribution is -2.08. The van der Waals surface area contributed by atoms with Gasteiger partial charge in [-0.2, -0.15) is 0 Å². The second-order valence-electron chi connectivity index (χ2n) is 6.81. The summed E-state index contributed by atoms with van der Waals surface area (Å²) < 4.78 is 12.6. The Labute approximate surface area is 175 Å². The number of ether oxygens (including phenoxy) is 2. The third kappa shape index (κ3) is 4.88. The molecule has 0 bridgehead atoms. The first-order valence-electron chi connectivity index (χ1n) is 9.93. The molecule has 1 aromatic carbocycles. The van der Waals surface area contributed by atoms with Gasteiger partial charge < -0.3 is 14.0 Å². The minimum Gasteiger partial charge on any atom is -0.494 e. The normalized spacial score (nSPS) is 11.0. The topological polar surface area (TPSA) is 66.2 Å². The van der Waals surface area contributed by atoms with Gasteiger partial charge in [-0.1, -0.05) is 44.4 Å². The van der Waals surface area contributed by atoms with E-state index in [0.717, 1.165) is 48.3 Å². The minimum absolute atomic E-state index is 0.255. The van der Waals surface area contributed by atoms with Gasteiger partial charge in [0, 0.05) is 11.4 Å². The van der Waals surface area contributed by atoms with Crippen molar-refractivity contribution in [3.63, 3.8) is 0 Å². The number of aryl methyl sites for hydroxylation is 1. The van der Waals surface area contributed by atoms with Gasteiger partial charge in [0.05, 0.1) is 20.3 Å². The van der Waals surface area contributed by atoms with Gasteiger partial charge in [0.2, 0.25) is 0 Å². The third-order valence-corrected chi connectivity index (χ3v) is 5.10. The number of halogens is 1. The van der Waals surface area contributed by atoms with Crippen molar-refractivity contribution in [1.82, 2.24) is 14.5 Å². The molecule has 3 rings (SSSR count). The molecule has 7 heteroatoms. The lowest BCUT2D eigenvalue weighted by molar-refractivity contribution is 0.0594. The smallest absolute Gasteiger partial charge is 0.356 e. The molecule has 29 heavy (non-hydrogen) atoms. The van der Waals surface area contributed by atoms with Crippen molar-refractivity contribution in [1.29, 1.82) is 0 Å². The predicted molar refractivity (Wildman–Crippen MR) is 114 cm³/mol. The highest BCUT2D eigenvalue weighted by Crippen LogP contribution is 2.26. The number of hydrogen-bond acceptors (Lipinski definition) is 5. The van der Waals surface area contributed by atoms with Crippen LogP contribution in [0.5, 0.6) is 5.75 Å².